The molecule has 176 valence electrons. The van der Waals surface area contributed by atoms with Gasteiger partial charge < -0.3 is 15.0 Å². The number of carbonyl (C=O) groups excluding carboxylic acids is 1. The van der Waals surface area contributed by atoms with Gasteiger partial charge in [0.15, 0.2) is 0 Å². The highest BCUT2D eigenvalue weighted by Gasteiger charge is 2.25. The zero-order valence-corrected chi connectivity index (χ0v) is 20.1. The Hall–Kier alpha value is -2.79. The van der Waals surface area contributed by atoms with Crippen molar-refractivity contribution in [3.05, 3.63) is 59.3 Å². The summed E-state index contributed by atoms with van der Waals surface area (Å²) in [7, 11) is 0. The standard InChI is InChI=1S/C28H37N3O2/c1-3-4-5-10-17-29-28(33)26-21(2)31(22-13-8-6-9-14-22)24-15-16-25(32)23(27(24)26)20-30-18-11-7-12-19-30/h6,8-9,13-16,32H,3-5,7,10-12,17-20H2,1-2H3,(H,29,33). The fraction of sp³-hybridized carbons (Fsp3) is 0.464. The first-order valence-corrected chi connectivity index (χ1v) is 12.5. The monoisotopic (exact) mass is 447 g/mol. The normalized spacial score (nSPS) is 14.6. The average molecular weight is 448 g/mol. The van der Waals surface area contributed by atoms with E-state index in [4.69, 9.17) is 0 Å². The largest absolute Gasteiger partial charge is 0.508 e. The molecule has 0 aliphatic carbocycles. The quantitative estimate of drug-likeness (QED) is 0.399. The number of likely N-dealkylation sites (tertiary alicyclic amines) is 1. The van der Waals surface area contributed by atoms with Crippen LogP contribution in [0.5, 0.6) is 5.75 Å². The number of para-hydroxylation sites is 1. The van der Waals surface area contributed by atoms with Crippen molar-refractivity contribution in [2.24, 2.45) is 0 Å². The van der Waals surface area contributed by atoms with Gasteiger partial charge in [-0.3, -0.25) is 9.69 Å². The number of unbranched alkanes of at least 4 members (excludes halogenated alkanes) is 3. The molecule has 0 radical (unpaired) electrons. The van der Waals surface area contributed by atoms with Gasteiger partial charge in [-0.15, -0.1) is 0 Å². The van der Waals surface area contributed by atoms with Gasteiger partial charge in [0.1, 0.15) is 5.75 Å². The molecule has 3 aromatic rings. The molecule has 2 N–H and O–H groups in total. The molecule has 1 fully saturated rings. The predicted molar refractivity (Wildman–Crippen MR) is 135 cm³/mol. The number of fused-ring (bicyclic) bond motifs is 1. The van der Waals surface area contributed by atoms with E-state index in [1.165, 1.54) is 32.1 Å². The van der Waals surface area contributed by atoms with Crippen molar-refractivity contribution in [2.45, 2.75) is 65.3 Å². The zero-order chi connectivity index (χ0) is 23.2. The van der Waals surface area contributed by atoms with Gasteiger partial charge in [0.2, 0.25) is 0 Å². The summed E-state index contributed by atoms with van der Waals surface area (Å²) in [5.41, 5.74) is 4.46. The third-order valence-corrected chi connectivity index (χ3v) is 6.84. The summed E-state index contributed by atoms with van der Waals surface area (Å²) in [6, 6.07) is 13.9. The highest BCUT2D eigenvalue weighted by atomic mass is 16.3. The van der Waals surface area contributed by atoms with E-state index >= 15 is 0 Å². The maximum absolute atomic E-state index is 13.5. The number of amides is 1. The molecule has 1 amide bonds. The molecular formula is C28H37N3O2. The topological polar surface area (TPSA) is 57.5 Å². The summed E-state index contributed by atoms with van der Waals surface area (Å²) in [5.74, 6) is 0.226. The molecule has 1 saturated heterocycles. The number of rotatable bonds is 9. The fourth-order valence-corrected chi connectivity index (χ4v) is 5.09. The lowest BCUT2D eigenvalue weighted by Gasteiger charge is -2.27. The molecule has 0 atom stereocenters. The Morgan fingerprint density at radius 2 is 1.76 bits per heavy atom. The minimum atomic E-state index is -0.0471. The predicted octanol–water partition coefficient (Wildman–Crippen LogP) is 5.94. The Kier molecular flexibility index (Phi) is 7.71. The third-order valence-electron chi connectivity index (χ3n) is 6.84. The Bertz CT molecular complexity index is 1080. The molecule has 0 saturated carbocycles. The van der Waals surface area contributed by atoms with Crippen molar-refractivity contribution in [3.63, 3.8) is 0 Å². The van der Waals surface area contributed by atoms with Crippen molar-refractivity contribution in [3.8, 4) is 11.4 Å². The molecule has 4 rings (SSSR count). The summed E-state index contributed by atoms with van der Waals surface area (Å²) < 4.78 is 2.15. The molecule has 1 aliphatic rings. The molecule has 5 heteroatoms. The van der Waals surface area contributed by atoms with Crippen LogP contribution in [0.3, 0.4) is 0 Å². The minimum Gasteiger partial charge on any atom is -0.508 e. The van der Waals surface area contributed by atoms with Crippen LogP contribution in [0, 0.1) is 6.92 Å². The number of phenolic OH excluding ortho intramolecular Hbond substituents is 1. The maximum Gasteiger partial charge on any atom is 0.253 e. The molecule has 2 aromatic carbocycles. The minimum absolute atomic E-state index is 0.0471. The SMILES string of the molecule is CCCCCCNC(=O)c1c(C)n(-c2ccccc2)c2ccc(O)c(CN3CCCCC3)c12. The summed E-state index contributed by atoms with van der Waals surface area (Å²) in [5, 5.41) is 15.0. The van der Waals surface area contributed by atoms with Gasteiger partial charge in [-0.25, -0.2) is 0 Å². The summed E-state index contributed by atoms with van der Waals surface area (Å²) in [4.78, 5) is 15.9. The lowest BCUT2D eigenvalue weighted by Crippen LogP contribution is -2.29. The number of nitrogens with one attached hydrogen (secondary N) is 1. The van der Waals surface area contributed by atoms with Gasteiger partial charge in [0, 0.05) is 35.4 Å². The van der Waals surface area contributed by atoms with E-state index in [0.29, 0.717) is 18.7 Å². The van der Waals surface area contributed by atoms with Crippen molar-refractivity contribution >= 4 is 16.8 Å². The Morgan fingerprint density at radius 1 is 1.00 bits per heavy atom. The lowest BCUT2D eigenvalue weighted by atomic mass is 10.0. The molecule has 0 unspecified atom stereocenters. The highest BCUT2D eigenvalue weighted by Crippen LogP contribution is 2.37. The molecule has 1 aliphatic heterocycles. The van der Waals surface area contributed by atoms with Gasteiger partial charge in [-0.2, -0.15) is 0 Å². The summed E-state index contributed by atoms with van der Waals surface area (Å²) in [6.45, 7) is 7.62. The molecule has 33 heavy (non-hydrogen) atoms. The number of piperidine rings is 1. The first-order chi connectivity index (χ1) is 16.1. The van der Waals surface area contributed by atoms with Crippen LogP contribution in [-0.4, -0.2) is 40.1 Å². The first-order valence-electron chi connectivity index (χ1n) is 12.5. The number of benzene rings is 2. The Balaban J connectivity index is 1.79. The van der Waals surface area contributed by atoms with E-state index in [1.807, 2.05) is 31.2 Å². The third kappa shape index (κ3) is 5.09. The van der Waals surface area contributed by atoms with Crippen LogP contribution in [-0.2, 0) is 6.54 Å². The molecule has 1 aromatic heterocycles. The van der Waals surface area contributed by atoms with E-state index in [-0.39, 0.29) is 11.7 Å². The molecular weight excluding hydrogens is 410 g/mol. The second kappa shape index (κ2) is 10.9. The van der Waals surface area contributed by atoms with Gasteiger partial charge in [0.25, 0.3) is 5.91 Å². The van der Waals surface area contributed by atoms with Gasteiger partial charge in [-0.05, 0) is 63.5 Å². The van der Waals surface area contributed by atoms with Crippen LogP contribution in [0.25, 0.3) is 16.6 Å². The highest BCUT2D eigenvalue weighted by molar-refractivity contribution is 6.10. The van der Waals surface area contributed by atoms with Crippen molar-refractivity contribution in [1.29, 1.82) is 0 Å². The van der Waals surface area contributed by atoms with Crippen molar-refractivity contribution in [2.75, 3.05) is 19.6 Å². The number of nitrogens with zero attached hydrogens (tertiary/aromatic N) is 2. The number of phenols is 1. The number of aromatic hydroxyl groups is 1. The van der Waals surface area contributed by atoms with Crippen LogP contribution in [0.15, 0.2) is 42.5 Å². The summed E-state index contributed by atoms with van der Waals surface area (Å²) >= 11 is 0. The van der Waals surface area contributed by atoms with Gasteiger partial charge >= 0.3 is 0 Å². The van der Waals surface area contributed by atoms with Crippen molar-refractivity contribution < 1.29 is 9.90 Å². The molecule has 0 bridgehead atoms. The van der Waals surface area contributed by atoms with E-state index in [1.54, 1.807) is 6.07 Å². The van der Waals surface area contributed by atoms with Gasteiger partial charge in [-0.1, -0.05) is 50.8 Å². The maximum atomic E-state index is 13.5. The second-order valence-corrected chi connectivity index (χ2v) is 9.24. The summed E-state index contributed by atoms with van der Waals surface area (Å²) in [6.07, 6.45) is 8.12. The zero-order valence-electron chi connectivity index (χ0n) is 20.1. The van der Waals surface area contributed by atoms with E-state index < -0.39 is 0 Å². The van der Waals surface area contributed by atoms with E-state index in [0.717, 1.165) is 53.8 Å². The fourth-order valence-electron chi connectivity index (χ4n) is 5.09. The second-order valence-electron chi connectivity index (χ2n) is 9.24. The van der Waals surface area contributed by atoms with Crippen LogP contribution < -0.4 is 5.32 Å². The van der Waals surface area contributed by atoms with Crippen LogP contribution in [0.1, 0.15) is 73.5 Å². The number of hydrogen-bond acceptors (Lipinski definition) is 3. The molecule has 2 heterocycles. The lowest BCUT2D eigenvalue weighted by molar-refractivity contribution is 0.0953. The van der Waals surface area contributed by atoms with Gasteiger partial charge in [0.05, 0.1) is 11.1 Å². The molecule has 5 nitrogen and oxygen atoms in total. The van der Waals surface area contributed by atoms with Crippen LogP contribution >= 0.6 is 0 Å². The van der Waals surface area contributed by atoms with Crippen molar-refractivity contribution in [1.82, 2.24) is 14.8 Å². The number of aromatic nitrogens is 1. The Labute approximate surface area is 197 Å². The Morgan fingerprint density at radius 3 is 2.48 bits per heavy atom. The van der Waals surface area contributed by atoms with E-state index in [9.17, 15) is 9.90 Å². The number of carbonyl (C=O) groups is 1. The van der Waals surface area contributed by atoms with E-state index in [2.05, 4.69) is 33.8 Å². The van der Waals surface area contributed by atoms with Crippen LogP contribution in [0.4, 0.5) is 0 Å². The number of hydrogen-bond donors (Lipinski definition) is 2. The van der Waals surface area contributed by atoms with Crippen LogP contribution in [0.2, 0.25) is 0 Å². The average Bonchev–Trinajstić information content (AvgIpc) is 3.14. The first kappa shape index (κ1) is 23.4. The molecule has 0 spiro atoms. The smallest absolute Gasteiger partial charge is 0.253 e.